The standard InChI is InChI=1S/C22H29ClN4O/c23-18-6-4-5-17(15-18)22(16-24)11-9-19(10-12-22)27-21(28)8-7-20(25-27)26-13-2-1-3-14-26/h4-8,15,19H,1-3,9-14,16,24H2/t19-,22-. The van der Waals surface area contributed by atoms with Crippen molar-refractivity contribution in [3.05, 3.63) is 57.3 Å². The number of piperidine rings is 1. The highest BCUT2D eigenvalue weighted by molar-refractivity contribution is 6.30. The van der Waals surface area contributed by atoms with Gasteiger partial charge in [0.05, 0.1) is 6.04 Å². The van der Waals surface area contributed by atoms with Gasteiger partial charge in [-0.1, -0.05) is 23.7 Å². The second-order valence-corrected chi connectivity index (χ2v) is 8.68. The van der Waals surface area contributed by atoms with Crippen molar-refractivity contribution in [2.45, 2.75) is 56.4 Å². The molecule has 28 heavy (non-hydrogen) atoms. The van der Waals surface area contributed by atoms with Crippen molar-refractivity contribution in [1.82, 2.24) is 9.78 Å². The van der Waals surface area contributed by atoms with Crippen molar-refractivity contribution >= 4 is 17.4 Å². The largest absolute Gasteiger partial charge is 0.355 e. The molecular formula is C22H29ClN4O. The first-order chi connectivity index (χ1) is 13.6. The van der Waals surface area contributed by atoms with E-state index in [1.54, 1.807) is 10.7 Å². The fraction of sp³-hybridized carbons (Fsp3) is 0.545. The fourth-order valence-electron chi connectivity index (χ4n) is 4.80. The Morgan fingerprint density at radius 3 is 2.54 bits per heavy atom. The van der Waals surface area contributed by atoms with Gasteiger partial charge in [-0.25, -0.2) is 4.68 Å². The van der Waals surface area contributed by atoms with Gasteiger partial charge in [0.2, 0.25) is 0 Å². The molecule has 2 aromatic rings. The average Bonchev–Trinajstić information content (AvgIpc) is 2.75. The van der Waals surface area contributed by atoms with Crippen LogP contribution < -0.4 is 16.2 Å². The summed E-state index contributed by atoms with van der Waals surface area (Å²) in [6, 6.07) is 11.8. The number of aromatic nitrogens is 2. The van der Waals surface area contributed by atoms with E-state index in [0.717, 1.165) is 49.6 Å². The third-order valence-corrected chi connectivity index (χ3v) is 6.81. The predicted molar refractivity (Wildman–Crippen MR) is 114 cm³/mol. The van der Waals surface area contributed by atoms with Crippen molar-refractivity contribution in [3.63, 3.8) is 0 Å². The Labute approximate surface area is 171 Å². The number of hydrogen-bond acceptors (Lipinski definition) is 4. The minimum Gasteiger partial charge on any atom is -0.355 e. The van der Waals surface area contributed by atoms with Gasteiger partial charge in [-0.15, -0.1) is 0 Å². The summed E-state index contributed by atoms with van der Waals surface area (Å²) in [4.78, 5) is 14.8. The molecule has 1 saturated carbocycles. The second-order valence-electron chi connectivity index (χ2n) is 8.25. The van der Waals surface area contributed by atoms with Crippen molar-refractivity contribution in [1.29, 1.82) is 0 Å². The summed E-state index contributed by atoms with van der Waals surface area (Å²) < 4.78 is 1.72. The second kappa shape index (κ2) is 8.26. The zero-order valence-electron chi connectivity index (χ0n) is 16.3. The van der Waals surface area contributed by atoms with Crippen LogP contribution in [-0.4, -0.2) is 29.4 Å². The third-order valence-electron chi connectivity index (χ3n) is 6.58. The van der Waals surface area contributed by atoms with Crippen molar-refractivity contribution < 1.29 is 0 Å². The molecule has 0 bridgehead atoms. The molecule has 4 rings (SSSR count). The summed E-state index contributed by atoms with van der Waals surface area (Å²) in [5.74, 6) is 0.935. The highest BCUT2D eigenvalue weighted by Gasteiger charge is 2.37. The topological polar surface area (TPSA) is 64.2 Å². The lowest BCUT2D eigenvalue weighted by molar-refractivity contribution is 0.222. The summed E-state index contributed by atoms with van der Waals surface area (Å²) in [5.41, 5.74) is 7.37. The molecule has 2 aliphatic rings. The fourth-order valence-corrected chi connectivity index (χ4v) is 4.99. The molecule has 1 aliphatic carbocycles. The van der Waals surface area contributed by atoms with Gasteiger partial charge in [0.25, 0.3) is 5.56 Å². The number of halogens is 1. The third kappa shape index (κ3) is 3.83. The molecule has 0 amide bonds. The van der Waals surface area contributed by atoms with Gasteiger partial charge in [-0.3, -0.25) is 4.79 Å². The highest BCUT2D eigenvalue weighted by Crippen LogP contribution is 2.42. The van der Waals surface area contributed by atoms with Gasteiger partial charge in [-0.2, -0.15) is 5.10 Å². The lowest BCUT2D eigenvalue weighted by Gasteiger charge is -2.40. The first kappa shape index (κ1) is 19.5. The number of hydrogen-bond donors (Lipinski definition) is 1. The maximum Gasteiger partial charge on any atom is 0.267 e. The zero-order valence-corrected chi connectivity index (χ0v) is 17.1. The Hall–Kier alpha value is -1.85. The van der Waals surface area contributed by atoms with E-state index in [4.69, 9.17) is 22.4 Å². The molecule has 1 aliphatic heterocycles. The molecule has 1 saturated heterocycles. The van der Waals surface area contributed by atoms with Crippen LogP contribution in [0.25, 0.3) is 0 Å². The van der Waals surface area contributed by atoms with Crippen molar-refractivity contribution in [3.8, 4) is 0 Å². The lowest BCUT2D eigenvalue weighted by atomic mass is 9.68. The first-order valence-electron chi connectivity index (χ1n) is 10.4. The monoisotopic (exact) mass is 400 g/mol. The first-order valence-corrected chi connectivity index (χ1v) is 10.8. The van der Waals surface area contributed by atoms with E-state index in [1.807, 2.05) is 24.3 Å². The number of nitrogens with zero attached hydrogens (tertiary/aromatic N) is 3. The van der Waals surface area contributed by atoms with Crippen molar-refractivity contribution in [2.24, 2.45) is 5.73 Å². The number of anilines is 1. The van der Waals surface area contributed by atoms with Crippen LogP contribution in [0.2, 0.25) is 5.02 Å². The number of benzene rings is 1. The van der Waals surface area contributed by atoms with E-state index in [1.165, 1.54) is 24.8 Å². The molecule has 2 N–H and O–H groups in total. The van der Waals surface area contributed by atoms with Crippen LogP contribution in [0.4, 0.5) is 5.82 Å². The van der Waals surface area contributed by atoms with Crippen LogP contribution in [0.15, 0.2) is 41.2 Å². The molecule has 2 fully saturated rings. The van der Waals surface area contributed by atoms with E-state index < -0.39 is 0 Å². The smallest absolute Gasteiger partial charge is 0.267 e. The van der Waals surface area contributed by atoms with Crippen molar-refractivity contribution in [2.75, 3.05) is 24.5 Å². The minimum absolute atomic E-state index is 0.00577. The normalized spacial score (nSPS) is 25.6. The number of nitrogens with two attached hydrogens (primary N) is 1. The Kier molecular flexibility index (Phi) is 5.74. The number of rotatable bonds is 4. The summed E-state index contributed by atoms with van der Waals surface area (Å²) >= 11 is 6.22. The summed E-state index contributed by atoms with van der Waals surface area (Å²) in [7, 11) is 0. The highest BCUT2D eigenvalue weighted by atomic mass is 35.5. The Morgan fingerprint density at radius 2 is 1.86 bits per heavy atom. The average molecular weight is 401 g/mol. The SMILES string of the molecule is NC[C@]1(c2cccc(Cl)c2)CC[C@H](n2nc(N3CCCCC3)ccc2=O)CC1. The van der Waals surface area contributed by atoms with Crippen LogP contribution in [0.5, 0.6) is 0 Å². The van der Waals surface area contributed by atoms with E-state index in [-0.39, 0.29) is 17.0 Å². The maximum atomic E-state index is 12.5. The molecule has 6 heteroatoms. The van der Waals surface area contributed by atoms with Crippen LogP contribution in [0.3, 0.4) is 0 Å². The van der Waals surface area contributed by atoms with E-state index in [9.17, 15) is 4.79 Å². The zero-order chi connectivity index (χ0) is 19.6. The summed E-state index contributed by atoms with van der Waals surface area (Å²) in [6.45, 7) is 2.65. The van der Waals surface area contributed by atoms with Crippen LogP contribution in [0, 0.1) is 0 Å². The van der Waals surface area contributed by atoms with Gasteiger partial charge in [0, 0.05) is 36.1 Å². The molecule has 1 aromatic carbocycles. The van der Waals surface area contributed by atoms with Crippen LogP contribution in [0.1, 0.15) is 56.6 Å². The molecule has 0 radical (unpaired) electrons. The quantitative estimate of drug-likeness (QED) is 0.845. The van der Waals surface area contributed by atoms with Gasteiger partial charge in [-0.05, 0) is 68.7 Å². The molecular weight excluding hydrogens is 372 g/mol. The van der Waals surface area contributed by atoms with Gasteiger partial charge < -0.3 is 10.6 Å². The summed E-state index contributed by atoms with van der Waals surface area (Å²) in [6.07, 6.45) is 7.36. The Morgan fingerprint density at radius 1 is 1.11 bits per heavy atom. The summed E-state index contributed by atoms with van der Waals surface area (Å²) in [5, 5.41) is 5.51. The Bertz CT molecular complexity index is 867. The molecule has 0 unspecified atom stereocenters. The Balaban J connectivity index is 1.54. The molecule has 1 aromatic heterocycles. The molecule has 5 nitrogen and oxygen atoms in total. The van der Waals surface area contributed by atoms with Gasteiger partial charge >= 0.3 is 0 Å². The van der Waals surface area contributed by atoms with Gasteiger partial charge in [0.1, 0.15) is 5.82 Å². The molecule has 150 valence electrons. The van der Waals surface area contributed by atoms with E-state index in [0.29, 0.717) is 6.54 Å². The maximum absolute atomic E-state index is 12.5. The van der Waals surface area contributed by atoms with E-state index in [2.05, 4.69) is 11.0 Å². The predicted octanol–water partition coefficient (Wildman–Crippen LogP) is 3.90. The molecule has 2 heterocycles. The minimum atomic E-state index is -0.0600. The molecule has 0 atom stereocenters. The molecule has 0 spiro atoms. The van der Waals surface area contributed by atoms with E-state index >= 15 is 0 Å². The van der Waals surface area contributed by atoms with Crippen LogP contribution in [-0.2, 0) is 5.41 Å². The van der Waals surface area contributed by atoms with Gasteiger partial charge in [0.15, 0.2) is 0 Å². The van der Waals surface area contributed by atoms with Crippen LogP contribution >= 0.6 is 11.6 Å². The lowest BCUT2D eigenvalue weighted by Crippen LogP contribution is -2.41.